The van der Waals surface area contributed by atoms with Gasteiger partial charge in [-0.3, -0.25) is 19.4 Å². The monoisotopic (exact) mass is 687 g/mol. The summed E-state index contributed by atoms with van der Waals surface area (Å²) in [5.74, 6) is -0.333. The number of nitrogens with two attached hydrogens (primary N) is 3. The van der Waals surface area contributed by atoms with Gasteiger partial charge in [0.25, 0.3) is 5.91 Å². The molecule has 15 heteroatoms. The van der Waals surface area contributed by atoms with Crippen LogP contribution in [-0.4, -0.2) is 64.9 Å². The van der Waals surface area contributed by atoms with Crippen molar-refractivity contribution in [2.75, 3.05) is 32.6 Å². The molecule has 0 saturated carbocycles. The number of aliphatic imine (C=N–C) groups is 1. The molecule has 49 heavy (non-hydrogen) atoms. The number of hydrogen-bond donors (Lipinski definition) is 4. The van der Waals surface area contributed by atoms with Crippen molar-refractivity contribution < 1.29 is 23.9 Å². The largest absolute Gasteiger partial charge is 0.494 e. The van der Waals surface area contributed by atoms with Crippen LogP contribution < -0.4 is 36.8 Å². The van der Waals surface area contributed by atoms with Gasteiger partial charge in [-0.2, -0.15) is 4.99 Å². The number of nitrogens with one attached hydrogen (secondary N) is 1. The third kappa shape index (κ3) is 8.43. The number of fused-ring (bicyclic) bond motifs is 2. The molecular formula is C34H41N9O5S. The molecule has 2 heterocycles. The first-order valence-corrected chi connectivity index (χ1v) is 16.3. The van der Waals surface area contributed by atoms with E-state index in [4.69, 9.17) is 26.7 Å². The number of carbonyl (C=O) groups excluding carboxylic acids is 3. The lowest BCUT2D eigenvalue weighted by atomic mass is 10.1. The Morgan fingerprint density at radius 1 is 1.02 bits per heavy atom. The summed E-state index contributed by atoms with van der Waals surface area (Å²) in [6.45, 7) is 8.66. The van der Waals surface area contributed by atoms with Crippen molar-refractivity contribution in [3.63, 3.8) is 0 Å². The molecule has 0 fully saturated rings. The van der Waals surface area contributed by atoms with E-state index in [1.807, 2.05) is 34.3 Å². The number of rotatable bonds is 16. The first-order chi connectivity index (χ1) is 23.5. The fourth-order valence-corrected chi connectivity index (χ4v) is 6.15. The normalized spacial score (nSPS) is 12.6. The summed E-state index contributed by atoms with van der Waals surface area (Å²) in [5.41, 5.74) is 20.0. The van der Waals surface area contributed by atoms with Crippen LogP contribution in [0.25, 0.3) is 21.3 Å². The van der Waals surface area contributed by atoms with Gasteiger partial charge in [0.05, 0.1) is 23.9 Å². The highest BCUT2D eigenvalue weighted by Crippen LogP contribution is 2.32. The predicted octanol–water partition coefficient (Wildman–Crippen LogP) is 3.65. The van der Waals surface area contributed by atoms with Gasteiger partial charge in [0.15, 0.2) is 4.80 Å². The van der Waals surface area contributed by atoms with Gasteiger partial charge in [-0.1, -0.05) is 29.6 Å². The minimum absolute atomic E-state index is 0.125. The Balaban J connectivity index is 1.79. The van der Waals surface area contributed by atoms with Crippen molar-refractivity contribution in [3.8, 4) is 11.5 Å². The molecule has 14 nitrogen and oxygen atoms in total. The third-order valence-corrected chi connectivity index (χ3v) is 8.25. The van der Waals surface area contributed by atoms with Crippen LogP contribution in [-0.2, 0) is 17.9 Å². The number of nitrogens with zero attached hydrogens (tertiary/aromatic N) is 5. The molecule has 2 aromatic carbocycles. The Morgan fingerprint density at radius 3 is 2.31 bits per heavy atom. The lowest BCUT2D eigenvalue weighted by Crippen LogP contribution is -2.20. The Morgan fingerprint density at radius 2 is 1.69 bits per heavy atom. The number of hydrogen-bond acceptors (Lipinski definition) is 10. The van der Waals surface area contributed by atoms with Gasteiger partial charge in [-0.25, -0.2) is 4.98 Å². The van der Waals surface area contributed by atoms with Gasteiger partial charge in [-0.15, -0.1) is 6.58 Å². The minimum Gasteiger partial charge on any atom is -0.494 e. The van der Waals surface area contributed by atoms with E-state index in [9.17, 15) is 14.4 Å². The maximum Gasteiger partial charge on any atom is 0.297 e. The van der Waals surface area contributed by atoms with Gasteiger partial charge in [0.2, 0.25) is 17.8 Å². The van der Waals surface area contributed by atoms with Crippen molar-refractivity contribution >= 4 is 62.0 Å². The van der Waals surface area contributed by atoms with E-state index in [0.717, 1.165) is 12.8 Å². The van der Waals surface area contributed by atoms with Crippen molar-refractivity contribution in [1.29, 1.82) is 0 Å². The van der Waals surface area contributed by atoms with Crippen LogP contribution in [0, 0.1) is 0 Å². The molecule has 2 aromatic heterocycles. The number of primary amides is 2. The molecule has 0 saturated heterocycles. The lowest BCUT2D eigenvalue weighted by Gasteiger charge is -2.12. The van der Waals surface area contributed by atoms with E-state index < -0.39 is 17.7 Å². The number of benzene rings is 2. The number of unbranched alkanes of at least 4 members (excludes halogenated alkanes) is 1. The molecule has 0 bridgehead atoms. The second kappa shape index (κ2) is 16.4. The zero-order valence-electron chi connectivity index (χ0n) is 28.0. The fourth-order valence-electron chi connectivity index (χ4n) is 5.05. The number of imidazole rings is 1. The maximum atomic E-state index is 13.3. The summed E-state index contributed by atoms with van der Waals surface area (Å²) in [4.78, 5) is 51.1. The molecule has 0 aliphatic heterocycles. The number of aromatic nitrogens is 3. The Hall–Kier alpha value is -5.70. The predicted molar refractivity (Wildman–Crippen MR) is 193 cm³/mol. The molecule has 4 rings (SSSR count). The summed E-state index contributed by atoms with van der Waals surface area (Å²) in [6.07, 6.45) is 8.67. The van der Waals surface area contributed by atoms with Crippen LogP contribution in [0.3, 0.4) is 0 Å². The average molecular weight is 688 g/mol. The summed E-state index contributed by atoms with van der Waals surface area (Å²) >= 11 is 1.21. The Bertz CT molecular complexity index is 2060. The standard InChI is InChI=1S/C34H41N9O5S/c1-6-8-11-14-48-26-18-21(30(36)44)16-23-28(26)42(33(38-4)40-23)12-9-10-13-43-29-25(47-5)17-22(31(37)45)19-27(29)49-34(43)41-32(46)24(39-7-2)15-20(3)35/h6,9-10,15-19H,1,7-8,11-14,35H2,2-5H3,(H2,36,44)(H2,37,45)(H,38,40)/b10-9+,20-15-,39-24?,41-34?. The van der Waals surface area contributed by atoms with E-state index in [-0.39, 0.29) is 17.8 Å². The molecule has 0 spiro atoms. The zero-order chi connectivity index (χ0) is 35.7. The van der Waals surface area contributed by atoms with Crippen LogP contribution >= 0.6 is 11.3 Å². The lowest BCUT2D eigenvalue weighted by molar-refractivity contribution is -0.112. The summed E-state index contributed by atoms with van der Waals surface area (Å²) in [5, 5.41) is 3.11. The molecule has 0 unspecified atom stereocenters. The highest BCUT2D eigenvalue weighted by atomic mass is 32.1. The summed E-state index contributed by atoms with van der Waals surface area (Å²) in [7, 11) is 3.24. The van der Waals surface area contributed by atoms with Crippen LogP contribution in [0.5, 0.6) is 11.5 Å². The van der Waals surface area contributed by atoms with Gasteiger partial charge >= 0.3 is 0 Å². The second-order valence-electron chi connectivity index (χ2n) is 10.8. The van der Waals surface area contributed by atoms with Crippen molar-refractivity contribution in [1.82, 2.24) is 14.1 Å². The van der Waals surface area contributed by atoms with E-state index in [1.54, 1.807) is 38.2 Å². The van der Waals surface area contributed by atoms with Crippen LogP contribution in [0.4, 0.5) is 5.95 Å². The maximum absolute atomic E-state index is 13.3. The first kappa shape index (κ1) is 36.1. The first-order valence-electron chi connectivity index (χ1n) is 15.5. The molecule has 0 atom stereocenters. The number of thiazole rings is 1. The second-order valence-corrected chi connectivity index (χ2v) is 11.8. The third-order valence-electron chi connectivity index (χ3n) is 7.22. The van der Waals surface area contributed by atoms with Gasteiger partial charge < -0.3 is 41.1 Å². The number of carbonyl (C=O) groups is 3. The number of methoxy groups -OCH3 is 1. The van der Waals surface area contributed by atoms with Crippen LogP contribution in [0.1, 0.15) is 47.4 Å². The SMILES string of the molecule is C=CCCCOc1cc(C(N)=O)cc2nc(NC)n(C/C=C/Cn3c(=NC(=O)C(/C=C(/C)N)=NCC)sc4cc(C(N)=O)cc(OC)c43)c12. The molecule has 3 amide bonds. The molecule has 0 aliphatic rings. The molecule has 7 N–H and O–H groups in total. The van der Waals surface area contributed by atoms with Crippen LogP contribution in [0.15, 0.2) is 70.8 Å². The molecule has 258 valence electrons. The zero-order valence-corrected chi connectivity index (χ0v) is 28.8. The number of ether oxygens (including phenoxy) is 2. The van der Waals surface area contributed by atoms with E-state index in [1.165, 1.54) is 24.5 Å². The summed E-state index contributed by atoms with van der Waals surface area (Å²) < 4.78 is 16.2. The average Bonchev–Trinajstić information content (AvgIpc) is 3.61. The fraction of sp³-hybridized carbons (Fsp3) is 0.294. The molecule has 0 aliphatic carbocycles. The highest BCUT2D eigenvalue weighted by Gasteiger charge is 2.19. The van der Waals surface area contributed by atoms with Crippen molar-refractivity contribution in [3.05, 3.63) is 76.8 Å². The topological polar surface area (TPSA) is 207 Å². The van der Waals surface area contributed by atoms with Gasteiger partial charge in [0, 0.05) is 43.5 Å². The minimum atomic E-state index is -0.615. The van der Waals surface area contributed by atoms with E-state index in [0.29, 0.717) is 74.5 Å². The Kier molecular flexibility index (Phi) is 12.1. The smallest absolute Gasteiger partial charge is 0.297 e. The van der Waals surface area contributed by atoms with Crippen molar-refractivity contribution in [2.45, 2.75) is 39.8 Å². The number of anilines is 1. The number of allylic oxidation sites excluding steroid dienone is 4. The molecule has 0 radical (unpaired) electrons. The molecular weight excluding hydrogens is 646 g/mol. The molecule has 4 aromatic rings. The van der Waals surface area contributed by atoms with Gasteiger partial charge in [0.1, 0.15) is 28.2 Å². The van der Waals surface area contributed by atoms with Crippen molar-refractivity contribution in [2.24, 2.45) is 27.2 Å². The van der Waals surface area contributed by atoms with Crippen LogP contribution in [0.2, 0.25) is 0 Å². The quantitative estimate of drug-likeness (QED) is 0.0775. The van der Waals surface area contributed by atoms with E-state index in [2.05, 4.69) is 26.9 Å². The summed E-state index contributed by atoms with van der Waals surface area (Å²) in [6, 6.07) is 6.47. The van der Waals surface area contributed by atoms with Gasteiger partial charge in [-0.05, 0) is 57.0 Å². The number of amides is 3. The van der Waals surface area contributed by atoms with E-state index >= 15 is 0 Å². The highest BCUT2D eigenvalue weighted by molar-refractivity contribution is 7.16. The Labute approximate surface area is 287 Å².